The van der Waals surface area contributed by atoms with E-state index in [-0.39, 0.29) is 12.8 Å². The van der Waals surface area contributed by atoms with E-state index in [9.17, 15) is 24.3 Å². The number of hydrogen-bond donors (Lipinski definition) is 6. The number of nitrogens with one attached hydrogen (secondary N) is 4. The molecule has 1 heterocycles. The van der Waals surface area contributed by atoms with Gasteiger partial charge in [0.15, 0.2) is 0 Å². The zero-order valence-corrected chi connectivity index (χ0v) is 20.1. The molecule has 7 N–H and O–H groups in total. The summed E-state index contributed by atoms with van der Waals surface area (Å²) in [5, 5.41) is 16.9. The van der Waals surface area contributed by atoms with Crippen LogP contribution < -0.4 is 21.7 Å². The molecule has 0 saturated heterocycles. The van der Waals surface area contributed by atoms with Crippen LogP contribution in [-0.4, -0.2) is 86.9 Å². The Morgan fingerprint density at radius 2 is 1.62 bits per heavy atom. The lowest BCUT2D eigenvalue weighted by molar-refractivity contribution is -0.142. The van der Waals surface area contributed by atoms with E-state index in [1.807, 2.05) is 12.5 Å². The Morgan fingerprint density at radius 1 is 1.03 bits per heavy atom. The van der Waals surface area contributed by atoms with Crippen molar-refractivity contribution in [1.29, 1.82) is 0 Å². The average Bonchev–Trinajstić information content (AvgIpc) is 3.26. The molecule has 0 aliphatic carbocycles. The van der Waals surface area contributed by atoms with Crippen molar-refractivity contribution in [2.75, 3.05) is 24.0 Å². The molecule has 0 fully saturated rings. The smallest absolute Gasteiger partial charge is 0.326 e. The Morgan fingerprint density at radius 3 is 2.16 bits per heavy atom. The van der Waals surface area contributed by atoms with Crippen LogP contribution >= 0.6 is 23.5 Å². The van der Waals surface area contributed by atoms with E-state index in [1.54, 1.807) is 6.20 Å². The first-order valence-corrected chi connectivity index (χ1v) is 12.8. The number of carboxylic acids is 1. The lowest BCUT2D eigenvalue weighted by Crippen LogP contribution is -2.56. The lowest BCUT2D eigenvalue weighted by Gasteiger charge is -2.23. The lowest BCUT2D eigenvalue weighted by atomic mass is 10.1. The van der Waals surface area contributed by atoms with Gasteiger partial charge in [0.2, 0.25) is 17.7 Å². The molecule has 32 heavy (non-hydrogen) atoms. The molecule has 180 valence electrons. The summed E-state index contributed by atoms with van der Waals surface area (Å²) in [5.41, 5.74) is 6.63. The molecule has 4 atom stereocenters. The Hall–Kier alpha value is -2.25. The van der Waals surface area contributed by atoms with Gasteiger partial charge in [-0.1, -0.05) is 0 Å². The van der Waals surface area contributed by atoms with Crippen molar-refractivity contribution in [3.8, 4) is 0 Å². The number of carboxylic acid groups (broad SMARTS) is 1. The van der Waals surface area contributed by atoms with Gasteiger partial charge in [-0.25, -0.2) is 9.78 Å². The van der Waals surface area contributed by atoms with Gasteiger partial charge in [0, 0.05) is 18.3 Å². The Balaban J connectivity index is 2.69. The highest BCUT2D eigenvalue weighted by molar-refractivity contribution is 7.98. The molecule has 0 aliphatic rings. The second-order valence-electron chi connectivity index (χ2n) is 7.14. The molecule has 11 nitrogen and oxygen atoms in total. The monoisotopic (exact) mass is 488 g/mol. The number of thioether (sulfide) groups is 2. The van der Waals surface area contributed by atoms with Crippen LogP contribution in [0, 0.1) is 0 Å². The molecule has 0 aromatic carbocycles. The number of nitrogens with two attached hydrogens (primary N) is 1. The maximum atomic E-state index is 12.7. The number of rotatable bonds is 15. The van der Waals surface area contributed by atoms with E-state index >= 15 is 0 Å². The van der Waals surface area contributed by atoms with E-state index in [1.165, 1.54) is 36.8 Å². The predicted molar refractivity (Wildman–Crippen MR) is 125 cm³/mol. The molecule has 0 aliphatic heterocycles. The quantitative estimate of drug-likeness (QED) is 0.187. The third-order valence-corrected chi connectivity index (χ3v) is 5.84. The summed E-state index contributed by atoms with van der Waals surface area (Å²) in [6, 6.07) is -3.79. The van der Waals surface area contributed by atoms with Crippen molar-refractivity contribution in [1.82, 2.24) is 25.9 Å². The molecule has 3 amide bonds. The number of aromatic nitrogens is 2. The number of carbonyl (C=O) groups is 4. The van der Waals surface area contributed by atoms with Crippen molar-refractivity contribution >= 4 is 47.2 Å². The summed E-state index contributed by atoms with van der Waals surface area (Å²) in [6.07, 6.45) is 7.60. The Bertz CT molecular complexity index is 749. The van der Waals surface area contributed by atoms with Crippen molar-refractivity contribution in [2.24, 2.45) is 5.73 Å². The molecular formula is C19H32N6O5S2. The van der Waals surface area contributed by atoms with Crippen LogP contribution in [0.5, 0.6) is 0 Å². The van der Waals surface area contributed by atoms with Gasteiger partial charge >= 0.3 is 5.97 Å². The fourth-order valence-corrected chi connectivity index (χ4v) is 3.62. The molecule has 1 aromatic heterocycles. The maximum absolute atomic E-state index is 12.7. The highest BCUT2D eigenvalue weighted by atomic mass is 32.2. The minimum Gasteiger partial charge on any atom is -0.480 e. The fraction of sp³-hybridized carbons (Fsp3) is 0.632. The summed E-state index contributed by atoms with van der Waals surface area (Å²) in [4.78, 5) is 55.7. The predicted octanol–water partition coefficient (Wildman–Crippen LogP) is -0.655. The number of aromatic amines is 1. The van der Waals surface area contributed by atoms with Crippen LogP contribution in [0.2, 0.25) is 0 Å². The molecule has 4 unspecified atom stereocenters. The van der Waals surface area contributed by atoms with Gasteiger partial charge in [-0.15, -0.1) is 0 Å². The minimum absolute atomic E-state index is 0.230. The molecule has 0 radical (unpaired) electrons. The molecular weight excluding hydrogens is 456 g/mol. The molecule has 1 aromatic rings. The number of carbonyl (C=O) groups excluding carboxylic acids is 3. The van der Waals surface area contributed by atoms with Crippen LogP contribution in [0.15, 0.2) is 12.5 Å². The first-order chi connectivity index (χ1) is 15.2. The largest absolute Gasteiger partial charge is 0.480 e. The molecule has 0 spiro atoms. The number of imidazole rings is 1. The van der Waals surface area contributed by atoms with Gasteiger partial charge in [0.25, 0.3) is 0 Å². The van der Waals surface area contributed by atoms with E-state index in [2.05, 4.69) is 25.9 Å². The second-order valence-corrected chi connectivity index (χ2v) is 9.11. The first kappa shape index (κ1) is 27.8. The van der Waals surface area contributed by atoms with Crippen LogP contribution in [0.3, 0.4) is 0 Å². The van der Waals surface area contributed by atoms with E-state index in [0.29, 0.717) is 23.6 Å². The number of H-pyrrole nitrogens is 1. The second kappa shape index (κ2) is 14.7. The van der Waals surface area contributed by atoms with Gasteiger partial charge in [-0.3, -0.25) is 14.4 Å². The SMILES string of the molecule is CSCCC(NC(=O)C(C)NC(=O)C(CCSC)NC(=O)C(N)Cc1cnc[nH]1)C(=O)O. The van der Waals surface area contributed by atoms with Crippen molar-refractivity contribution in [2.45, 2.75) is 50.4 Å². The summed E-state index contributed by atoms with van der Waals surface area (Å²) < 4.78 is 0. The van der Waals surface area contributed by atoms with Crippen LogP contribution in [0.4, 0.5) is 0 Å². The normalized spacial score (nSPS) is 14.6. The average molecular weight is 489 g/mol. The zero-order valence-electron chi connectivity index (χ0n) is 18.4. The van der Waals surface area contributed by atoms with Crippen LogP contribution in [0.25, 0.3) is 0 Å². The third-order valence-electron chi connectivity index (χ3n) is 4.55. The first-order valence-electron chi connectivity index (χ1n) is 10.0. The summed E-state index contributed by atoms with van der Waals surface area (Å²) in [5.74, 6) is -1.62. The summed E-state index contributed by atoms with van der Waals surface area (Å²) in [6.45, 7) is 1.46. The number of amides is 3. The number of hydrogen-bond acceptors (Lipinski definition) is 8. The zero-order chi connectivity index (χ0) is 24.1. The van der Waals surface area contributed by atoms with E-state index < -0.39 is 47.9 Å². The van der Waals surface area contributed by atoms with Crippen LogP contribution in [0.1, 0.15) is 25.5 Å². The standard InChI is InChI=1S/C19H32N6O5S2/c1-11(16(26)25-15(19(29)30)5-7-32-3)23-18(28)14(4-6-31-2)24-17(27)13(20)8-12-9-21-10-22-12/h9-11,13-15H,4-8,20H2,1-3H3,(H,21,22)(H,23,28)(H,24,27)(H,25,26)(H,29,30). The molecule has 13 heteroatoms. The summed E-state index contributed by atoms with van der Waals surface area (Å²) >= 11 is 2.98. The molecule has 0 bridgehead atoms. The number of aliphatic carboxylic acids is 1. The molecule has 0 saturated carbocycles. The topological polar surface area (TPSA) is 179 Å². The number of nitrogens with zero attached hydrogens (tertiary/aromatic N) is 1. The Kier molecular flexibility index (Phi) is 12.8. The van der Waals surface area contributed by atoms with Crippen LogP contribution in [-0.2, 0) is 25.6 Å². The highest BCUT2D eigenvalue weighted by Crippen LogP contribution is 2.05. The van der Waals surface area contributed by atoms with E-state index in [0.717, 1.165) is 0 Å². The van der Waals surface area contributed by atoms with E-state index in [4.69, 9.17) is 5.73 Å². The Labute approximate surface area is 195 Å². The van der Waals surface area contributed by atoms with Gasteiger partial charge in [0.1, 0.15) is 18.1 Å². The minimum atomic E-state index is -1.14. The van der Waals surface area contributed by atoms with Crippen molar-refractivity contribution in [3.05, 3.63) is 18.2 Å². The summed E-state index contributed by atoms with van der Waals surface area (Å²) in [7, 11) is 0. The fourth-order valence-electron chi connectivity index (χ4n) is 2.68. The van der Waals surface area contributed by atoms with Crippen molar-refractivity contribution in [3.63, 3.8) is 0 Å². The van der Waals surface area contributed by atoms with Crippen molar-refractivity contribution < 1.29 is 24.3 Å². The van der Waals surface area contributed by atoms with Gasteiger partial charge in [-0.05, 0) is 43.8 Å². The molecule has 1 rings (SSSR count). The van der Waals surface area contributed by atoms with Gasteiger partial charge < -0.3 is 31.8 Å². The highest BCUT2D eigenvalue weighted by Gasteiger charge is 2.28. The van der Waals surface area contributed by atoms with Gasteiger partial charge in [-0.2, -0.15) is 23.5 Å². The maximum Gasteiger partial charge on any atom is 0.326 e. The van der Waals surface area contributed by atoms with Gasteiger partial charge in [0.05, 0.1) is 12.4 Å². The third kappa shape index (κ3) is 9.92.